The first-order valence-electron chi connectivity index (χ1n) is 6.48. The van der Waals surface area contributed by atoms with Crippen LogP contribution in [0.1, 0.15) is 11.3 Å². The van der Waals surface area contributed by atoms with E-state index in [4.69, 9.17) is 4.74 Å². The predicted octanol–water partition coefficient (Wildman–Crippen LogP) is 3.29. The second-order valence-electron chi connectivity index (χ2n) is 4.69. The van der Waals surface area contributed by atoms with E-state index in [0.29, 0.717) is 11.8 Å². The number of H-pyrrole nitrogens is 1. The van der Waals surface area contributed by atoms with E-state index in [9.17, 15) is 4.79 Å². The van der Waals surface area contributed by atoms with Crippen molar-refractivity contribution in [2.45, 2.75) is 6.42 Å². The summed E-state index contributed by atoms with van der Waals surface area (Å²) in [6.45, 7) is 0. The molecule has 0 aliphatic carbocycles. The van der Waals surface area contributed by atoms with Crippen molar-refractivity contribution in [1.29, 1.82) is 0 Å². The number of rotatable bonds is 3. The van der Waals surface area contributed by atoms with Gasteiger partial charge in [-0.2, -0.15) is 5.10 Å². The molecule has 3 rings (SSSR count). The molecule has 2 aromatic carbocycles. The molecule has 1 aromatic heterocycles. The lowest BCUT2D eigenvalue weighted by atomic mass is 10.0. The van der Waals surface area contributed by atoms with Crippen LogP contribution in [0.5, 0.6) is 5.75 Å². The van der Waals surface area contributed by atoms with Crippen LogP contribution in [0.2, 0.25) is 0 Å². The van der Waals surface area contributed by atoms with Gasteiger partial charge in [0, 0.05) is 11.8 Å². The van der Waals surface area contributed by atoms with E-state index in [1.807, 2.05) is 42.5 Å². The molecular formula is C16H13BrN2O2. The lowest BCUT2D eigenvalue weighted by molar-refractivity contribution is 0.412. The van der Waals surface area contributed by atoms with Gasteiger partial charge in [-0.15, -0.1) is 0 Å². The highest BCUT2D eigenvalue weighted by Crippen LogP contribution is 2.27. The Morgan fingerprint density at radius 1 is 1.19 bits per heavy atom. The van der Waals surface area contributed by atoms with E-state index >= 15 is 0 Å². The summed E-state index contributed by atoms with van der Waals surface area (Å²) < 4.78 is 6.13. The number of fused-ring (bicyclic) bond motifs is 1. The Bertz CT molecular complexity index is 858. The number of aromatic amines is 1. The molecule has 1 heterocycles. The Labute approximate surface area is 129 Å². The molecule has 0 radical (unpaired) electrons. The van der Waals surface area contributed by atoms with Gasteiger partial charge in [0.2, 0.25) is 0 Å². The second kappa shape index (κ2) is 5.69. The predicted molar refractivity (Wildman–Crippen MR) is 85.9 cm³/mol. The summed E-state index contributed by atoms with van der Waals surface area (Å²) in [6, 6.07) is 13.4. The molecule has 0 fully saturated rings. The second-order valence-corrected chi connectivity index (χ2v) is 5.55. The fourth-order valence-electron chi connectivity index (χ4n) is 2.32. The normalized spacial score (nSPS) is 10.8. The third-order valence-electron chi connectivity index (χ3n) is 3.36. The topological polar surface area (TPSA) is 55.0 Å². The van der Waals surface area contributed by atoms with Crippen LogP contribution >= 0.6 is 15.9 Å². The van der Waals surface area contributed by atoms with Gasteiger partial charge in [-0.1, -0.05) is 24.3 Å². The van der Waals surface area contributed by atoms with Gasteiger partial charge in [-0.25, -0.2) is 5.10 Å². The maximum Gasteiger partial charge on any atom is 0.272 e. The summed E-state index contributed by atoms with van der Waals surface area (Å²) in [5.41, 5.74) is 1.78. The smallest absolute Gasteiger partial charge is 0.272 e. The molecule has 3 aromatic rings. The Balaban J connectivity index is 2.04. The van der Waals surface area contributed by atoms with Crippen molar-refractivity contribution in [1.82, 2.24) is 10.2 Å². The number of benzene rings is 2. The van der Waals surface area contributed by atoms with Gasteiger partial charge in [0.15, 0.2) is 0 Å². The molecule has 0 atom stereocenters. The lowest BCUT2D eigenvalue weighted by Crippen LogP contribution is -2.11. The largest absolute Gasteiger partial charge is 0.496 e. The molecular weight excluding hydrogens is 332 g/mol. The molecule has 0 saturated carbocycles. The molecule has 0 spiro atoms. The van der Waals surface area contributed by atoms with Gasteiger partial charge in [0.1, 0.15) is 5.75 Å². The van der Waals surface area contributed by atoms with Crippen molar-refractivity contribution in [2.75, 3.05) is 7.11 Å². The highest BCUT2D eigenvalue weighted by molar-refractivity contribution is 9.10. The maximum atomic E-state index is 11.8. The molecule has 106 valence electrons. The minimum Gasteiger partial charge on any atom is -0.496 e. The molecule has 1 N–H and O–H groups in total. The van der Waals surface area contributed by atoms with E-state index in [0.717, 1.165) is 26.9 Å². The molecule has 4 nitrogen and oxygen atoms in total. The molecule has 0 aliphatic heterocycles. The van der Waals surface area contributed by atoms with Crippen LogP contribution in [0.3, 0.4) is 0 Å². The van der Waals surface area contributed by atoms with Gasteiger partial charge >= 0.3 is 0 Å². The average Bonchev–Trinajstić information content (AvgIpc) is 2.51. The number of halogens is 1. The third kappa shape index (κ3) is 2.69. The summed E-state index contributed by atoms with van der Waals surface area (Å²) in [4.78, 5) is 11.8. The highest BCUT2D eigenvalue weighted by atomic mass is 79.9. The van der Waals surface area contributed by atoms with Crippen LogP contribution in [-0.2, 0) is 6.42 Å². The number of hydrogen-bond donors (Lipinski definition) is 1. The molecule has 0 saturated heterocycles. The van der Waals surface area contributed by atoms with Crippen LogP contribution < -0.4 is 10.3 Å². The zero-order chi connectivity index (χ0) is 14.8. The van der Waals surface area contributed by atoms with Gasteiger partial charge in [-0.3, -0.25) is 4.79 Å². The van der Waals surface area contributed by atoms with Gasteiger partial charge < -0.3 is 4.74 Å². The van der Waals surface area contributed by atoms with E-state index in [1.165, 1.54) is 0 Å². The van der Waals surface area contributed by atoms with Gasteiger partial charge in [0.25, 0.3) is 5.56 Å². The quantitative estimate of drug-likeness (QED) is 0.793. The van der Waals surface area contributed by atoms with Gasteiger partial charge in [0.05, 0.1) is 22.7 Å². The molecule has 21 heavy (non-hydrogen) atoms. The molecule has 0 bridgehead atoms. The number of hydrogen-bond acceptors (Lipinski definition) is 3. The molecule has 0 unspecified atom stereocenters. The Hall–Kier alpha value is -2.14. The van der Waals surface area contributed by atoms with Crippen molar-refractivity contribution in [3.05, 3.63) is 68.5 Å². The SMILES string of the molecule is COc1ccc(Cc2n[nH]c(=O)c3ccccc23)cc1Br. The highest BCUT2D eigenvalue weighted by Gasteiger charge is 2.08. The number of ether oxygens (including phenoxy) is 1. The summed E-state index contributed by atoms with van der Waals surface area (Å²) in [6.07, 6.45) is 0.639. The zero-order valence-corrected chi connectivity index (χ0v) is 13.0. The van der Waals surface area contributed by atoms with Crippen LogP contribution in [0.4, 0.5) is 0 Å². The summed E-state index contributed by atoms with van der Waals surface area (Å²) in [7, 11) is 1.64. The van der Waals surface area contributed by atoms with E-state index in [1.54, 1.807) is 7.11 Å². The minimum absolute atomic E-state index is 0.162. The number of aromatic nitrogens is 2. The molecule has 0 aliphatic rings. The average molecular weight is 345 g/mol. The summed E-state index contributed by atoms with van der Waals surface area (Å²) in [5.74, 6) is 0.790. The summed E-state index contributed by atoms with van der Waals surface area (Å²) in [5, 5.41) is 8.29. The Kier molecular flexibility index (Phi) is 3.75. The van der Waals surface area contributed by atoms with Crippen molar-refractivity contribution >= 4 is 26.7 Å². The summed E-state index contributed by atoms with van der Waals surface area (Å²) >= 11 is 3.48. The monoisotopic (exact) mass is 344 g/mol. The first-order chi connectivity index (χ1) is 10.2. The zero-order valence-electron chi connectivity index (χ0n) is 11.4. The first kappa shape index (κ1) is 13.8. The Morgan fingerprint density at radius 3 is 2.67 bits per heavy atom. The van der Waals surface area contributed by atoms with Crippen LogP contribution in [-0.4, -0.2) is 17.3 Å². The van der Waals surface area contributed by atoms with Gasteiger partial charge in [-0.05, 0) is 39.7 Å². The molecule has 5 heteroatoms. The van der Waals surface area contributed by atoms with Crippen LogP contribution in [0.25, 0.3) is 10.8 Å². The Morgan fingerprint density at radius 2 is 1.95 bits per heavy atom. The lowest BCUT2D eigenvalue weighted by Gasteiger charge is -2.07. The van der Waals surface area contributed by atoms with E-state index in [2.05, 4.69) is 26.1 Å². The van der Waals surface area contributed by atoms with E-state index in [-0.39, 0.29) is 5.56 Å². The van der Waals surface area contributed by atoms with Crippen LogP contribution in [0.15, 0.2) is 51.7 Å². The number of methoxy groups -OCH3 is 1. The van der Waals surface area contributed by atoms with E-state index < -0.39 is 0 Å². The third-order valence-corrected chi connectivity index (χ3v) is 3.98. The standard InChI is InChI=1S/C16H13BrN2O2/c1-21-15-7-6-10(8-13(15)17)9-14-11-4-2-3-5-12(11)16(20)19-18-14/h2-8H,9H2,1H3,(H,19,20). The number of nitrogens with one attached hydrogen (secondary N) is 1. The first-order valence-corrected chi connectivity index (χ1v) is 7.27. The maximum absolute atomic E-state index is 11.8. The van der Waals surface area contributed by atoms with Crippen molar-refractivity contribution in [3.63, 3.8) is 0 Å². The fourth-order valence-corrected chi connectivity index (χ4v) is 2.91. The number of nitrogens with zero attached hydrogens (tertiary/aromatic N) is 1. The fraction of sp³-hybridized carbons (Fsp3) is 0.125. The van der Waals surface area contributed by atoms with Crippen molar-refractivity contribution in [3.8, 4) is 5.75 Å². The van der Waals surface area contributed by atoms with Crippen LogP contribution in [0, 0.1) is 0 Å². The molecule has 0 amide bonds. The van der Waals surface area contributed by atoms with Crippen molar-refractivity contribution < 1.29 is 4.74 Å². The van der Waals surface area contributed by atoms with Crippen molar-refractivity contribution in [2.24, 2.45) is 0 Å². The minimum atomic E-state index is -0.162.